The second-order valence-corrected chi connectivity index (χ2v) is 5.06. The van der Waals surface area contributed by atoms with Gasteiger partial charge in [-0.25, -0.2) is 4.79 Å². The van der Waals surface area contributed by atoms with Crippen molar-refractivity contribution in [2.45, 2.75) is 32.4 Å². The lowest BCUT2D eigenvalue weighted by atomic mass is 9.96. The number of aliphatic carboxylic acids is 1. The zero-order chi connectivity index (χ0) is 15.3. The van der Waals surface area contributed by atoms with Gasteiger partial charge in [-0.05, 0) is 19.3 Å². The normalized spacial score (nSPS) is 18.7. The van der Waals surface area contributed by atoms with Crippen LogP contribution >= 0.6 is 0 Å². The number of amides is 2. The molecule has 116 valence electrons. The van der Waals surface area contributed by atoms with Crippen molar-refractivity contribution in [3.8, 4) is 0 Å². The lowest BCUT2D eigenvalue weighted by Crippen LogP contribution is -2.46. The maximum Gasteiger partial charge on any atom is 0.391 e. The summed E-state index contributed by atoms with van der Waals surface area (Å²) in [5.74, 6) is -2.84. The zero-order valence-corrected chi connectivity index (χ0v) is 11.2. The lowest BCUT2D eigenvalue weighted by Gasteiger charge is -2.32. The van der Waals surface area contributed by atoms with E-state index in [0.717, 1.165) is 0 Å². The molecule has 0 radical (unpaired) electrons. The van der Waals surface area contributed by atoms with Gasteiger partial charge in [0.2, 0.25) is 0 Å². The number of nitrogens with one attached hydrogen (secondary N) is 1. The molecule has 1 aliphatic rings. The fourth-order valence-electron chi connectivity index (χ4n) is 2.04. The molecule has 0 aromatic carbocycles. The third-order valence-corrected chi connectivity index (χ3v) is 3.52. The Bertz CT molecular complexity index is 352. The largest absolute Gasteiger partial charge is 0.481 e. The van der Waals surface area contributed by atoms with Crippen LogP contribution in [0.5, 0.6) is 0 Å². The van der Waals surface area contributed by atoms with E-state index >= 15 is 0 Å². The first kappa shape index (κ1) is 16.6. The van der Waals surface area contributed by atoms with Crippen LogP contribution in [-0.2, 0) is 4.79 Å². The van der Waals surface area contributed by atoms with Crippen LogP contribution < -0.4 is 5.32 Å². The summed E-state index contributed by atoms with van der Waals surface area (Å²) in [6, 6.07) is -0.428. The molecule has 0 saturated carbocycles. The Kier molecular flexibility index (Phi) is 5.64. The first-order valence-electron chi connectivity index (χ1n) is 6.54. The van der Waals surface area contributed by atoms with Gasteiger partial charge in [-0.15, -0.1) is 0 Å². The molecular weight excluding hydrogens is 277 g/mol. The summed E-state index contributed by atoms with van der Waals surface area (Å²) in [5, 5.41) is 11.2. The standard InChI is InChI=1S/C12H19F3N2O3/c1-8(10(18)19)2-5-16-11(20)17-6-3-9(4-7-17)12(13,14)15/h8-9H,2-7H2,1H3,(H,16,20)(H,18,19). The molecule has 0 aliphatic carbocycles. The van der Waals surface area contributed by atoms with Gasteiger partial charge in [0.1, 0.15) is 0 Å². The van der Waals surface area contributed by atoms with Crippen molar-refractivity contribution in [3.63, 3.8) is 0 Å². The summed E-state index contributed by atoms with van der Waals surface area (Å²) in [5.41, 5.74) is 0. The number of urea groups is 1. The topological polar surface area (TPSA) is 69.6 Å². The van der Waals surface area contributed by atoms with Gasteiger partial charge in [-0.1, -0.05) is 6.92 Å². The summed E-state index contributed by atoms with van der Waals surface area (Å²) < 4.78 is 37.4. The third kappa shape index (κ3) is 4.90. The van der Waals surface area contributed by atoms with Crippen LogP contribution in [-0.4, -0.2) is 47.8 Å². The Balaban J connectivity index is 2.28. The SMILES string of the molecule is CC(CCNC(=O)N1CCC(C(F)(F)F)CC1)C(=O)O. The summed E-state index contributed by atoms with van der Waals surface area (Å²) >= 11 is 0. The van der Waals surface area contributed by atoms with E-state index in [9.17, 15) is 22.8 Å². The molecule has 1 heterocycles. The van der Waals surface area contributed by atoms with Crippen molar-refractivity contribution >= 4 is 12.0 Å². The summed E-state index contributed by atoms with van der Waals surface area (Å²) in [7, 11) is 0. The molecule has 0 bridgehead atoms. The van der Waals surface area contributed by atoms with Crippen molar-refractivity contribution in [2.75, 3.05) is 19.6 Å². The highest BCUT2D eigenvalue weighted by Gasteiger charge is 2.41. The summed E-state index contributed by atoms with van der Waals surface area (Å²) in [6.45, 7) is 1.88. The Hall–Kier alpha value is -1.47. The molecule has 0 spiro atoms. The zero-order valence-electron chi connectivity index (χ0n) is 11.2. The monoisotopic (exact) mass is 296 g/mol. The number of halogens is 3. The molecular formula is C12H19F3N2O3. The van der Waals surface area contributed by atoms with Crippen molar-refractivity contribution in [1.29, 1.82) is 0 Å². The van der Waals surface area contributed by atoms with Crippen molar-refractivity contribution in [1.82, 2.24) is 10.2 Å². The smallest absolute Gasteiger partial charge is 0.391 e. The molecule has 2 amide bonds. The van der Waals surface area contributed by atoms with Gasteiger partial charge in [0.15, 0.2) is 0 Å². The molecule has 5 nitrogen and oxygen atoms in total. The predicted octanol–water partition coefficient (Wildman–Crippen LogP) is 2.08. The molecule has 0 aromatic heterocycles. The molecule has 1 rings (SSSR count). The number of carbonyl (C=O) groups excluding carboxylic acids is 1. The Labute approximate surface area is 115 Å². The maximum absolute atomic E-state index is 12.5. The molecule has 1 saturated heterocycles. The van der Waals surface area contributed by atoms with Crippen LogP contribution in [0, 0.1) is 11.8 Å². The van der Waals surface area contributed by atoms with Crippen molar-refractivity contribution in [2.24, 2.45) is 11.8 Å². The molecule has 1 fully saturated rings. The minimum atomic E-state index is -4.19. The number of nitrogens with zero attached hydrogens (tertiary/aromatic N) is 1. The number of likely N-dealkylation sites (tertiary alicyclic amines) is 1. The van der Waals surface area contributed by atoms with Gasteiger partial charge >= 0.3 is 18.2 Å². The molecule has 1 unspecified atom stereocenters. The Morgan fingerprint density at radius 1 is 1.35 bits per heavy atom. The van der Waals surface area contributed by atoms with Crippen LogP contribution in [0.25, 0.3) is 0 Å². The number of carboxylic acids is 1. The number of hydrogen-bond donors (Lipinski definition) is 2. The molecule has 0 aromatic rings. The van der Waals surface area contributed by atoms with Crippen LogP contribution in [0.3, 0.4) is 0 Å². The number of carbonyl (C=O) groups is 2. The van der Waals surface area contributed by atoms with E-state index in [1.165, 1.54) is 11.8 Å². The Morgan fingerprint density at radius 3 is 2.35 bits per heavy atom. The van der Waals surface area contributed by atoms with Crippen molar-refractivity contribution < 1.29 is 27.9 Å². The van der Waals surface area contributed by atoms with E-state index in [1.807, 2.05) is 0 Å². The van der Waals surface area contributed by atoms with Gasteiger partial charge in [0.05, 0.1) is 11.8 Å². The van der Waals surface area contributed by atoms with E-state index in [4.69, 9.17) is 5.11 Å². The first-order valence-corrected chi connectivity index (χ1v) is 6.54. The molecule has 1 aliphatic heterocycles. The second kappa shape index (κ2) is 6.81. The average Bonchev–Trinajstić information content (AvgIpc) is 2.37. The highest BCUT2D eigenvalue weighted by Crippen LogP contribution is 2.33. The number of hydrogen-bond acceptors (Lipinski definition) is 2. The number of piperidine rings is 1. The third-order valence-electron chi connectivity index (χ3n) is 3.52. The highest BCUT2D eigenvalue weighted by molar-refractivity contribution is 5.74. The average molecular weight is 296 g/mol. The fourth-order valence-corrected chi connectivity index (χ4v) is 2.04. The van der Waals surface area contributed by atoms with Crippen LogP contribution in [0.1, 0.15) is 26.2 Å². The number of rotatable bonds is 4. The van der Waals surface area contributed by atoms with Gasteiger partial charge < -0.3 is 15.3 Å². The predicted molar refractivity (Wildman–Crippen MR) is 65.2 cm³/mol. The van der Waals surface area contributed by atoms with E-state index in [2.05, 4.69) is 5.32 Å². The number of alkyl halides is 3. The molecule has 8 heteroatoms. The molecule has 1 atom stereocenters. The van der Waals surface area contributed by atoms with Gasteiger partial charge in [-0.3, -0.25) is 4.79 Å². The molecule has 2 N–H and O–H groups in total. The van der Waals surface area contributed by atoms with Crippen LogP contribution in [0.2, 0.25) is 0 Å². The highest BCUT2D eigenvalue weighted by atomic mass is 19.4. The van der Waals surface area contributed by atoms with Crippen LogP contribution in [0.4, 0.5) is 18.0 Å². The number of carboxylic acid groups (broad SMARTS) is 1. The quantitative estimate of drug-likeness (QED) is 0.834. The maximum atomic E-state index is 12.5. The van der Waals surface area contributed by atoms with Crippen molar-refractivity contribution in [3.05, 3.63) is 0 Å². The van der Waals surface area contributed by atoms with Gasteiger partial charge in [0.25, 0.3) is 0 Å². The van der Waals surface area contributed by atoms with E-state index in [0.29, 0.717) is 6.42 Å². The Morgan fingerprint density at radius 2 is 1.90 bits per heavy atom. The first-order chi connectivity index (χ1) is 9.21. The summed E-state index contributed by atoms with van der Waals surface area (Å²) in [4.78, 5) is 23.6. The minimum Gasteiger partial charge on any atom is -0.481 e. The molecule has 20 heavy (non-hydrogen) atoms. The van der Waals surface area contributed by atoms with E-state index < -0.39 is 30.0 Å². The lowest BCUT2D eigenvalue weighted by molar-refractivity contribution is -0.183. The van der Waals surface area contributed by atoms with Gasteiger partial charge in [-0.2, -0.15) is 13.2 Å². The second-order valence-electron chi connectivity index (χ2n) is 5.06. The summed E-state index contributed by atoms with van der Waals surface area (Å²) in [6.07, 6.45) is -4.07. The minimum absolute atomic E-state index is 0.0739. The van der Waals surface area contributed by atoms with Gasteiger partial charge in [0, 0.05) is 19.6 Å². The fraction of sp³-hybridized carbons (Fsp3) is 0.833. The van der Waals surface area contributed by atoms with E-state index in [1.54, 1.807) is 0 Å². The van der Waals surface area contributed by atoms with E-state index in [-0.39, 0.29) is 32.5 Å². The van der Waals surface area contributed by atoms with Crippen LogP contribution in [0.15, 0.2) is 0 Å².